The highest BCUT2D eigenvalue weighted by Gasteiger charge is 2.04. The molecule has 0 bridgehead atoms. The Labute approximate surface area is 95.5 Å². The van der Waals surface area contributed by atoms with E-state index in [1.807, 2.05) is 30.3 Å². The average molecular weight is 216 g/mol. The van der Waals surface area contributed by atoms with Crippen LogP contribution >= 0.6 is 0 Å². The molecule has 0 aliphatic carbocycles. The Morgan fingerprint density at radius 2 is 2.06 bits per heavy atom. The summed E-state index contributed by atoms with van der Waals surface area (Å²) in [6.45, 7) is 3.82. The summed E-state index contributed by atoms with van der Waals surface area (Å²) in [5, 5.41) is 3.26. The molecule has 1 N–H and O–H groups in total. The van der Waals surface area contributed by atoms with Crippen molar-refractivity contribution >= 4 is 0 Å². The molecule has 0 amide bonds. The maximum Gasteiger partial charge on any atom is 0.208 e. The topological polar surface area (TPSA) is 38.1 Å². The molecule has 0 spiro atoms. The van der Waals surface area contributed by atoms with Crippen molar-refractivity contribution in [2.75, 3.05) is 6.54 Å². The van der Waals surface area contributed by atoms with Crippen LogP contribution in [0, 0.1) is 0 Å². The molecular formula is C13H16N2O. The lowest BCUT2D eigenvalue weighted by atomic mass is 10.2. The van der Waals surface area contributed by atoms with Crippen LogP contribution in [-0.4, -0.2) is 11.5 Å². The second-order valence-corrected chi connectivity index (χ2v) is 3.66. The first-order chi connectivity index (χ1) is 7.90. The van der Waals surface area contributed by atoms with Gasteiger partial charge in [-0.3, -0.25) is 0 Å². The standard InChI is InChI=1S/C13H16N2O/c1-2-8-14-10-13-15-9-12(16-13)11-6-4-3-5-7-11/h3-7,9,14H,2,8,10H2,1H3. The van der Waals surface area contributed by atoms with Crippen LogP contribution in [0.2, 0.25) is 0 Å². The maximum absolute atomic E-state index is 5.64. The first kappa shape index (κ1) is 10.9. The van der Waals surface area contributed by atoms with E-state index in [0.29, 0.717) is 6.54 Å². The van der Waals surface area contributed by atoms with E-state index in [4.69, 9.17) is 4.42 Å². The van der Waals surface area contributed by atoms with E-state index in [-0.39, 0.29) is 0 Å². The fraction of sp³-hybridized carbons (Fsp3) is 0.308. The first-order valence-corrected chi connectivity index (χ1v) is 5.61. The highest BCUT2D eigenvalue weighted by Crippen LogP contribution is 2.19. The molecule has 1 aromatic heterocycles. The number of hydrogen-bond acceptors (Lipinski definition) is 3. The van der Waals surface area contributed by atoms with Crippen LogP contribution in [0.5, 0.6) is 0 Å². The summed E-state index contributed by atoms with van der Waals surface area (Å²) < 4.78 is 5.64. The predicted molar refractivity (Wildman–Crippen MR) is 63.9 cm³/mol. The Balaban J connectivity index is 2.02. The molecule has 0 saturated carbocycles. The van der Waals surface area contributed by atoms with Gasteiger partial charge in [-0.15, -0.1) is 0 Å². The van der Waals surface area contributed by atoms with Gasteiger partial charge in [0.15, 0.2) is 5.76 Å². The van der Waals surface area contributed by atoms with Gasteiger partial charge in [0.05, 0.1) is 12.7 Å². The highest BCUT2D eigenvalue weighted by molar-refractivity contribution is 5.55. The molecule has 0 aliphatic heterocycles. The SMILES string of the molecule is CCCNCc1ncc(-c2ccccc2)o1. The number of oxazole rings is 1. The first-order valence-electron chi connectivity index (χ1n) is 5.61. The van der Waals surface area contributed by atoms with Crippen molar-refractivity contribution in [3.8, 4) is 11.3 Å². The van der Waals surface area contributed by atoms with E-state index in [2.05, 4.69) is 17.2 Å². The van der Waals surface area contributed by atoms with Gasteiger partial charge in [-0.2, -0.15) is 0 Å². The van der Waals surface area contributed by atoms with E-state index in [1.54, 1.807) is 6.20 Å². The molecule has 0 aliphatic rings. The summed E-state index contributed by atoms with van der Waals surface area (Å²) in [5.74, 6) is 1.57. The zero-order valence-corrected chi connectivity index (χ0v) is 9.44. The van der Waals surface area contributed by atoms with E-state index < -0.39 is 0 Å². The quantitative estimate of drug-likeness (QED) is 0.781. The van der Waals surface area contributed by atoms with Crippen molar-refractivity contribution in [2.24, 2.45) is 0 Å². The Morgan fingerprint density at radius 1 is 1.25 bits per heavy atom. The fourth-order valence-corrected chi connectivity index (χ4v) is 1.50. The Kier molecular flexibility index (Phi) is 3.72. The zero-order valence-electron chi connectivity index (χ0n) is 9.44. The molecule has 3 nitrogen and oxygen atoms in total. The van der Waals surface area contributed by atoms with Crippen molar-refractivity contribution in [3.05, 3.63) is 42.4 Å². The average Bonchev–Trinajstić information content (AvgIpc) is 2.79. The summed E-state index contributed by atoms with van der Waals surface area (Å²) in [7, 11) is 0. The van der Waals surface area contributed by atoms with Gasteiger partial charge in [0.25, 0.3) is 0 Å². The molecule has 2 rings (SSSR count). The molecule has 2 aromatic rings. The number of rotatable bonds is 5. The van der Waals surface area contributed by atoms with E-state index in [0.717, 1.165) is 30.2 Å². The lowest BCUT2D eigenvalue weighted by Crippen LogP contribution is -2.13. The smallest absolute Gasteiger partial charge is 0.208 e. The number of benzene rings is 1. The molecule has 0 saturated heterocycles. The van der Waals surface area contributed by atoms with Crippen LogP contribution in [0.3, 0.4) is 0 Å². The van der Waals surface area contributed by atoms with Crippen molar-refractivity contribution in [1.82, 2.24) is 10.3 Å². The van der Waals surface area contributed by atoms with Crippen LogP contribution in [-0.2, 0) is 6.54 Å². The Morgan fingerprint density at radius 3 is 2.81 bits per heavy atom. The van der Waals surface area contributed by atoms with Crippen LogP contribution in [0.1, 0.15) is 19.2 Å². The summed E-state index contributed by atoms with van der Waals surface area (Å²) in [6.07, 6.45) is 2.89. The van der Waals surface area contributed by atoms with Gasteiger partial charge >= 0.3 is 0 Å². The minimum Gasteiger partial charge on any atom is -0.439 e. The number of hydrogen-bond donors (Lipinski definition) is 1. The summed E-state index contributed by atoms with van der Waals surface area (Å²) in [5.41, 5.74) is 1.07. The van der Waals surface area contributed by atoms with Crippen LogP contribution in [0.25, 0.3) is 11.3 Å². The van der Waals surface area contributed by atoms with Crippen LogP contribution < -0.4 is 5.32 Å². The Bertz CT molecular complexity index is 423. The molecule has 3 heteroatoms. The third-order valence-corrected chi connectivity index (χ3v) is 2.31. The van der Waals surface area contributed by atoms with Gasteiger partial charge in [-0.1, -0.05) is 37.3 Å². The number of nitrogens with one attached hydrogen (secondary N) is 1. The molecule has 1 aromatic carbocycles. The van der Waals surface area contributed by atoms with Crippen molar-refractivity contribution in [3.63, 3.8) is 0 Å². The van der Waals surface area contributed by atoms with E-state index >= 15 is 0 Å². The summed E-state index contributed by atoms with van der Waals surface area (Å²) in [4.78, 5) is 4.24. The van der Waals surface area contributed by atoms with Gasteiger partial charge < -0.3 is 9.73 Å². The molecule has 84 valence electrons. The number of aromatic nitrogens is 1. The normalized spacial score (nSPS) is 10.6. The van der Waals surface area contributed by atoms with Gasteiger partial charge in [0.2, 0.25) is 5.89 Å². The third-order valence-electron chi connectivity index (χ3n) is 2.31. The summed E-state index contributed by atoms with van der Waals surface area (Å²) in [6, 6.07) is 10.0. The monoisotopic (exact) mass is 216 g/mol. The molecule has 0 fully saturated rings. The lowest BCUT2D eigenvalue weighted by molar-refractivity contribution is 0.478. The van der Waals surface area contributed by atoms with Crippen molar-refractivity contribution in [2.45, 2.75) is 19.9 Å². The number of nitrogens with zero attached hydrogens (tertiary/aromatic N) is 1. The predicted octanol–water partition coefficient (Wildman–Crippen LogP) is 2.84. The Hall–Kier alpha value is -1.61. The van der Waals surface area contributed by atoms with Crippen molar-refractivity contribution < 1.29 is 4.42 Å². The molecular weight excluding hydrogens is 200 g/mol. The molecule has 1 heterocycles. The van der Waals surface area contributed by atoms with Gasteiger partial charge in [0.1, 0.15) is 0 Å². The third kappa shape index (κ3) is 2.70. The second kappa shape index (κ2) is 5.47. The minimum atomic E-state index is 0.695. The van der Waals surface area contributed by atoms with Crippen LogP contribution in [0.4, 0.5) is 0 Å². The molecule has 0 unspecified atom stereocenters. The molecule has 0 radical (unpaired) electrons. The second-order valence-electron chi connectivity index (χ2n) is 3.66. The zero-order chi connectivity index (χ0) is 11.2. The lowest BCUT2D eigenvalue weighted by Gasteiger charge is -1.98. The van der Waals surface area contributed by atoms with E-state index in [1.165, 1.54) is 0 Å². The van der Waals surface area contributed by atoms with Gasteiger partial charge in [-0.25, -0.2) is 4.98 Å². The van der Waals surface area contributed by atoms with Crippen molar-refractivity contribution in [1.29, 1.82) is 0 Å². The highest BCUT2D eigenvalue weighted by atomic mass is 16.4. The van der Waals surface area contributed by atoms with Crippen LogP contribution in [0.15, 0.2) is 40.9 Å². The molecule has 16 heavy (non-hydrogen) atoms. The fourth-order valence-electron chi connectivity index (χ4n) is 1.50. The van der Waals surface area contributed by atoms with Gasteiger partial charge in [0, 0.05) is 5.56 Å². The van der Waals surface area contributed by atoms with E-state index in [9.17, 15) is 0 Å². The largest absolute Gasteiger partial charge is 0.439 e. The minimum absolute atomic E-state index is 0.695. The maximum atomic E-state index is 5.64. The summed E-state index contributed by atoms with van der Waals surface area (Å²) >= 11 is 0. The van der Waals surface area contributed by atoms with Gasteiger partial charge in [-0.05, 0) is 13.0 Å². The molecule has 0 atom stereocenters.